The summed E-state index contributed by atoms with van der Waals surface area (Å²) in [7, 11) is 0. The Labute approximate surface area is 146 Å². The zero-order chi connectivity index (χ0) is 16.2. The van der Waals surface area contributed by atoms with Crippen LogP contribution in [0.25, 0.3) is 10.6 Å². The molecule has 2 heterocycles. The summed E-state index contributed by atoms with van der Waals surface area (Å²) in [5, 5.41) is 5.83. The van der Waals surface area contributed by atoms with Crippen LogP contribution in [0.5, 0.6) is 5.75 Å². The number of hydrogen-bond donors (Lipinski definition) is 1. The molecule has 0 aliphatic carbocycles. The number of nitrogens with one attached hydrogen (secondary N) is 1. The molecular weight excluding hydrogens is 316 g/mol. The Balaban J connectivity index is 1.46. The number of anilines is 1. The van der Waals surface area contributed by atoms with Crippen molar-refractivity contribution in [1.82, 2.24) is 4.98 Å². The van der Waals surface area contributed by atoms with Crippen LogP contribution in [-0.4, -0.2) is 11.5 Å². The number of ether oxygens (including phenoxy) is 1. The van der Waals surface area contributed by atoms with E-state index in [1.165, 1.54) is 29.1 Å². The number of benzene rings is 2. The summed E-state index contributed by atoms with van der Waals surface area (Å²) in [5.74, 6) is 0.888. The fourth-order valence-corrected chi connectivity index (χ4v) is 3.88. The first kappa shape index (κ1) is 15.2. The van der Waals surface area contributed by atoms with E-state index in [0.717, 1.165) is 29.3 Å². The zero-order valence-corrected chi connectivity index (χ0v) is 14.3. The highest BCUT2D eigenvalue weighted by atomic mass is 32.1. The molecule has 24 heavy (non-hydrogen) atoms. The number of rotatable bonds is 4. The Morgan fingerprint density at radius 3 is 2.67 bits per heavy atom. The van der Waals surface area contributed by atoms with Gasteiger partial charge in [-0.3, -0.25) is 0 Å². The second-order valence-corrected chi connectivity index (χ2v) is 6.98. The molecule has 0 fully saturated rings. The molecule has 3 aromatic rings. The molecule has 4 heteroatoms. The van der Waals surface area contributed by atoms with Crippen molar-refractivity contribution in [2.75, 3.05) is 11.9 Å². The van der Waals surface area contributed by atoms with Gasteiger partial charge in [0.25, 0.3) is 0 Å². The number of fused-ring (bicyclic) bond motifs is 1. The van der Waals surface area contributed by atoms with Crippen molar-refractivity contribution in [3.63, 3.8) is 0 Å². The van der Waals surface area contributed by atoms with E-state index in [9.17, 15) is 0 Å². The van der Waals surface area contributed by atoms with Crippen molar-refractivity contribution in [1.29, 1.82) is 0 Å². The quantitative estimate of drug-likeness (QED) is 0.716. The van der Waals surface area contributed by atoms with Gasteiger partial charge in [0.05, 0.1) is 5.69 Å². The van der Waals surface area contributed by atoms with Gasteiger partial charge in [-0.1, -0.05) is 41.7 Å². The Hall–Kier alpha value is -2.33. The third-order valence-corrected chi connectivity index (χ3v) is 5.28. The topological polar surface area (TPSA) is 34.1 Å². The maximum atomic E-state index is 5.85. The highest BCUT2D eigenvalue weighted by Crippen LogP contribution is 2.34. The fourth-order valence-electron chi connectivity index (χ4n) is 2.84. The molecule has 1 aromatic heterocycles. The van der Waals surface area contributed by atoms with Crippen molar-refractivity contribution in [3.05, 3.63) is 65.9 Å². The molecule has 2 aromatic carbocycles. The monoisotopic (exact) mass is 336 g/mol. The van der Waals surface area contributed by atoms with E-state index in [1.807, 2.05) is 30.3 Å². The highest BCUT2D eigenvalue weighted by molar-refractivity contribution is 7.19. The molecule has 0 unspecified atom stereocenters. The van der Waals surface area contributed by atoms with Gasteiger partial charge in [0.2, 0.25) is 0 Å². The molecule has 0 saturated heterocycles. The summed E-state index contributed by atoms with van der Waals surface area (Å²) < 4.78 is 5.85. The molecule has 1 aliphatic heterocycles. The average Bonchev–Trinajstić information content (AvgIpc) is 2.92. The Morgan fingerprint density at radius 1 is 1.00 bits per heavy atom. The minimum Gasteiger partial charge on any atom is -0.489 e. The molecule has 0 spiro atoms. The normalized spacial score (nSPS) is 13.7. The molecule has 122 valence electrons. The van der Waals surface area contributed by atoms with E-state index in [0.29, 0.717) is 6.61 Å². The van der Waals surface area contributed by atoms with Crippen molar-refractivity contribution in [2.24, 2.45) is 0 Å². The average molecular weight is 336 g/mol. The molecule has 0 saturated carbocycles. The van der Waals surface area contributed by atoms with Gasteiger partial charge in [0.1, 0.15) is 22.4 Å². The molecule has 0 amide bonds. The summed E-state index contributed by atoms with van der Waals surface area (Å²) in [6, 6.07) is 18.5. The van der Waals surface area contributed by atoms with Gasteiger partial charge in [0, 0.05) is 12.1 Å². The van der Waals surface area contributed by atoms with Crippen LogP contribution in [-0.2, 0) is 13.0 Å². The van der Waals surface area contributed by atoms with E-state index in [4.69, 9.17) is 9.72 Å². The summed E-state index contributed by atoms with van der Waals surface area (Å²) in [6.45, 7) is 1.65. The fraction of sp³-hybridized carbons (Fsp3) is 0.250. The first-order valence-electron chi connectivity index (χ1n) is 8.39. The van der Waals surface area contributed by atoms with Gasteiger partial charge in [-0.25, -0.2) is 4.98 Å². The third kappa shape index (κ3) is 3.44. The highest BCUT2D eigenvalue weighted by Gasteiger charge is 2.14. The number of thiazole rings is 1. The lowest BCUT2D eigenvalue weighted by Gasteiger charge is -2.06. The van der Waals surface area contributed by atoms with Crippen LogP contribution in [0.4, 0.5) is 5.00 Å². The van der Waals surface area contributed by atoms with Crippen LogP contribution in [0.1, 0.15) is 24.1 Å². The minimum atomic E-state index is 0.593. The van der Waals surface area contributed by atoms with Crippen molar-refractivity contribution >= 4 is 16.3 Å². The largest absolute Gasteiger partial charge is 0.489 e. The first-order valence-corrected chi connectivity index (χ1v) is 9.21. The summed E-state index contributed by atoms with van der Waals surface area (Å²) in [4.78, 5) is 4.82. The van der Waals surface area contributed by atoms with Crippen LogP contribution in [0.15, 0.2) is 54.6 Å². The Morgan fingerprint density at radius 2 is 1.83 bits per heavy atom. The van der Waals surface area contributed by atoms with E-state index in [-0.39, 0.29) is 0 Å². The third-order valence-electron chi connectivity index (χ3n) is 4.17. The van der Waals surface area contributed by atoms with E-state index >= 15 is 0 Å². The Bertz CT molecular complexity index is 773. The predicted octanol–water partition coefficient (Wildman–Crippen LogP) is 5.14. The number of nitrogens with zero attached hydrogens (tertiary/aromatic N) is 1. The van der Waals surface area contributed by atoms with Crippen LogP contribution in [0.2, 0.25) is 0 Å². The van der Waals surface area contributed by atoms with Gasteiger partial charge >= 0.3 is 0 Å². The first-order chi connectivity index (χ1) is 11.9. The smallest absolute Gasteiger partial charge is 0.125 e. The summed E-state index contributed by atoms with van der Waals surface area (Å²) in [6.07, 6.45) is 3.53. The number of aryl methyl sites for hydroxylation is 1. The molecule has 0 radical (unpaired) electrons. The van der Waals surface area contributed by atoms with Crippen LogP contribution in [0.3, 0.4) is 0 Å². The second kappa shape index (κ2) is 7.05. The maximum absolute atomic E-state index is 5.85. The van der Waals surface area contributed by atoms with Crippen LogP contribution in [0, 0.1) is 0 Å². The lowest BCUT2D eigenvalue weighted by molar-refractivity contribution is 0.306. The molecule has 3 nitrogen and oxygen atoms in total. The van der Waals surface area contributed by atoms with Gasteiger partial charge in [-0.2, -0.15) is 0 Å². The zero-order valence-electron chi connectivity index (χ0n) is 13.5. The van der Waals surface area contributed by atoms with Crippen molar-refractivity contribution < 1.29 is 4.74 Å². The molecule has 0 bridgehead atoms. The molecular formula is C20H20N2OS. The maximum Gasteiger partial charge on any atom is 0.125 e. The molecule has 0 atom stereocenters. The van der Waals surface area contributed by atoms with Gasteiger partial charge in [0.15, 0.2) is 0 Å². The lowest BCUT2D eigenvalue weighted by atomic mass is 10.2. The molecule has 1 N–H and O–H groups in total. The predicted molar refractivity (Wildman–Crippen MR) is 99.8 cm³/mol. The SMILES string of the molecule is c1ccc(COc2ccc(-c3nc4c(s3)NCCCC4)cc2)cc1. The summed E-state index contributed by atoms with van der Waals surface area (Å²) in [5.41, 5.74) is 3.55. The van der Waals surface area contributed by atoms with Crippen molar-refractivity contribution in [2.45, 2.75) is 25.9 Å². The molecule has 1 aliphatic rings. The van der Waals surface area contributed by atoms with Crippen molar-refractivity contribution in [3.8, 4) is 16.3 Å². The minimum absolute atomic E-state index is 0.593. The molecule has 4 rings (SSSR count). The summed E-state index contributed by atoms with van der Waals surface area (Å²) >= 11 is 1.75. The van der Waals surface area contributed by atoms with E-state index in [1.54, 1.807) is 11.3 Å². The van der Waals surface area contributed by atoms with Crippen LogP contribution >= 0.6 is 11.3 Å². The second-order valence-electron chi connectivity index (χ2n) is 5.98. The van der Waals surface area contributed by atoms with Gasteiger partial charge < -0.3 is 10.1 Å². The van der Waals surface area contributed by atoms with Crippen LogP contribution < -0.4 is 10.1 Å². The number of hydrogen-bond acceptors (Lipinski definition) is 4. The standard InChI is InChI=1S/C20H20N2OS/c1-2-6-15(7-3-1)14-23-17-11-9-16(10-12-17)19-22-18-8-4-5-13-21-20(18)24-19/h1-3,6-7,9-12,21H,4-5,8,13-14H2. The van der Waals surface area contributed by atoms with Gasteiger partial charge in [-0.15, -0.1) is 0 Å². The van der Waals surface area contributed by atoms with E-state index < -0.39 is 0 Å². The van der Waals surface area contributed by atoms with E-state index in [2.05, 4.69) is 29.6 Å². The Kier molecular flexibility index (Phi) is 4.47. The number of aromatic nitrogens is 1. The van der Waals surface area contributed by atoms with Gasteiger partial charge in [-0.05, 0) is 49.1 Å². The lowest BCUT2D eigenvalue weighted by Crippen LogP contribution is -1.96.